The van der Waals surface area contributed by atoms with Crippen LogP contribution in [0.2, 0.25) is 0 Å². The van der Waals surface area contributed by atoms with Crippen LogP contribution < -0.4 is 0 Å². The number of fused-ring (bicyclic) bond motifs is 10. The number of aromatic nitrogens is 3. The normalized spacial score (nSPS) is 13.4. The average Bonchev–Trinajstić information content (AvgIpc) is 3.48. The minimum Gasteiger partial charge on any atom is -0.295 e. The smallest absolute Gasteiger partial charge is 0.164 e. The van der Waals surface area contributed by atoms with Gasteiger partial charge in [0.2, 0.25) is 0 Å². The summed E-state index contributed by atoms with van der Waals surface area (Å²) in [7, 11) is 0. The van der Waals surface area contributed by atoms with Crippen molar-refractivity contribution in [3.8, 4) is 45.3 Å². The number of benzene rings is 7. The van der Waals surface area contributed by atoms with Crippen molar-refractivity contribution in [3.05, 3.63) is 186 Å². The standard InChI is InChI=1S/C46H29N3OS/c1-28(50)31-24-25-34-39(27-31)46(36-17-7-9-20-40(36)51-41-21-10-8-18-37(41)46)38-19-11-16-35(42(34)38)45-48-43(30-13-3-2-4-14-30)47-44(49-45)33-23-22-29-12-5-6-15-32(29)26-33/h2-27H,1H3. The summed E-state index contributed by atoms with van der Waals surface area (Å²) in [5.41, 5.74) is 9.67. The predicted octanol–water partition coefficient (Wildman–Crippen LogP) is 11.1. The van der Waals surface area contributed by atoms with E-state index in [0.29, 0.717) is 23.0 Å². The van der Waals surface area contributed by atoms with Crippen LogP contribution in [0.15, 0.2) is 168 Å². The van der Waals surface area contributed by atoms with Gasteiger partial charge >= 0.3 is 0 Å². The average molecular weight is 672 g/mol. The van der Waals surface area contributed by atoms with Crippen LogP contribution in [-0.4, -0.2) is 20.7 Å². The number of hydrogen-bond acceptors (Lipinski definition) is 5. The van der Waals surface area contributed by atoms with Crippen molar-refractivity contribution in [3.63, 3.8) is 0 Å². The van der Waals surface area contributed by atoms with Gasteiger partial charge < -0.3 is 0 Å². The van der Waals surface area contributed by atoms with Crippen molar-refractivity contribution in [2.45, 2.75) is 22.1 Å². The van der Waals surface area contributed by atoms with Gasteiger partial charge in [0, 0.05) is 32.0 Å². The molecule has 51 heavy (non-hydrogen) atoms. The maximum atomic E-state index is 13.0. The van der Waals surface area contributed by atoms with Gasteiger partial charge in [-0.05, 0) is 75.3 Å². The van der Waals surface area contributed by atoms with Gasteiger partial charge in [-0.1, -0.05) is 145 Å². The topological polar surface area (TPSA) is 55.7 Å². The summed E-state index contributed by atoms with van der Waals surface area (Å²) in [5.74, 6) is 1.88. The number of Topliss-reactive ketones (excluding diaryl/α,β-unsaturated/α-hetero) is 1. The lowest BCUT2D eigenvalue weighted by molar-refractivity contribution is 0.101. The van der Waals surface area contributed by atoms with Crippen LogP contribution in [0, 0.1) is 0 Å². The quantitative estimate of drug-likeness (QED) is 0.174. The molecule has 5 heteroatoms. The first-order valence-corrected chi connectivity index (χ1v) is 17.9. The molecule has 0 amide bonds. The molecule has 0 fully saturated rings. The van der Waals surface area contributed by atoms with Crippen LogP contribution in [0.4, 0.5) is 0 Å². The molecule has 240 valence electrons. The Bertz CT molecular complexity index is 2670. The van der Waals surface area contributed by atoms with Crippen molar-refractivity contribution in [1.29, 1.82) is 0 Å². The zero-order chi connectivity index (χ0) is 34.1. The molecule has 0 radical (unpaired) electrons. The number of hydrogen-bond donors (Lipinski definition) is 0. The molecule has 1 aliphatic heterocycles. The molecule has 10 rings (SSSR count). The number of carbonyl (C=O) groups is 1. The highest BCUT2D eigenvalue weighted by Gasteiger charge is 2.51. The summed E-state index contributed by atoms with van der Waals surface area (Å²) >= 11 is 1.80. The Balaban J connectivity index is 1.29. The first kappa shape index (κ1) is 29.7. The van der Waals surface area contributed by atoms with Gasteiger partial charge in [0.1, 0.15) is 0 Å². The number of rotatable bonds is 4. The summed E-state index contributed by atoms with van der Waals surface area (Å²) in [6.45, 7) is 1.64. The van der Waals surface area contributed by atoms with E-state index < -0.39 is 5.41 Å². The van der Waals surface area contributed by atoms with Gasteiger partial charge in [-0.15, -0.1) is 0 Å². The minimum absolute atomic E-state index is 0.0425. The van der Waals surface area contributed by atoms with E-state index in [1.54, 1.807) is 18.7 Å². The monoisotopic (exact) mass is 671 g/mol. The van der Waals surface area contributed by atoms with E-state index in [2.05, 4.69) is 121 Å². The van der Waals surface area contributed by atoms with Crippen LogP contribution in [-0.2, 0) is 5.41 Å². The van der Waals surface area contributed by atoms with Gasteiger partial charge in [-0.2, -0.15) is 0 Å². The Hall–Kier alpha value is -6.17. The van der Waals surface area contributed by atoms with Gasteiger partial charge in [-0.25, -0.2) is 15.0 Å². The van der Waals surface area contributed by atoms with Crippen LogP contribution in [0.5, 0.6) is 0 Å². The van der Waals surface area contributed by atoms with Crippen molar-refractivity contribution in [1.82, 2.24) is 15.0 Å². The molecule has 2 aliphatic rings. The molecule has 0 atom stereocenters. The molecule has 0 saturated carbocycles. The summed E-state index contributed by atoms with van der Waals surface area (Å²) in [6, 6.07) is 54.9. The maximum Gasteiger partial charge on any atom is 0.164 e. The molecule has 0 bridgehead atoms. The van der Waals surface area contributed by atoms with Crippen LogP contribution in [0.1, 0.15) is 39.5 Å². The molecular formula is C46H29N3OS. The first-order chi connectivity index (χ1) is 25.1. The fourth-order valence-electron chi connectivity index (χ4n) is 8.02. The third-order valence-corrected chi connectivity index (χ3v) is 11.4. The van der Waals surface area contributed by atoms with Crippen molar-refractivity contribution in [2.24, 2.45) is 0 Å². The molecule has 7 aromatic carbocycles. The lowest BCUT2D eigenvalue weighted by Gasteiger charge is -2.39. The summed E-state index contributed by atoms with van der Waals surface area (Å²) in [5, 5.41) is 2.29. The second kappa shape index (κ2) is 11.4. The molecule has 8 aromatic rings. The Kier molecular flexibility index (Phi) is 6.67. The molecule has 1 aliphatic carbocycles. The highest BCUT2D eigenvalue weighted by molar-refractivity contribution is 7.99. The Labute approximate surface area is 299 Å². The summed E-state index contributed by atoms with van der Waals surface area (Å²) < 4.78 is 0. The molecule has 1 spiro atoms. The molecule has 4 nitrogen and oxygen atoms in total. The van der Waals surface area contributed by atoms with Crippen molar-refractivity contribution < 1.29 is 4.79 Å². The van der Waals surface area contributed by atoms with E-state index in [0.717, 1.165) is 49.7 Å². The zero-order valence-corrected chi connectivity index (χ0v) is 28.5. The second-order valence-corrected chi connectivity index (χ2v) is 14.2. The molecule has 0 N–H and O–H groups in total. The van der Waals surface area contributed by atoms with E-state index in [4.69, 9.17) is 15.0 Å². The third-order valence-electron chi connectivity index (χ3n) is 10.3. The van der Waals surface area contributed by atoms with Crippen molar-refractivity contribution in [2.75, 3.05) is 0 Å². The number of nitrogens with zero attached hydrogens (tertiary/aromatic N) is 3. The molecule has 1 aromatic heterocycles. The molecular weight excluding hydrogens is 643 g/mol. The fourth-order valence-corrected chi connectivity index (χ4v) is 9.22. The predicted molar refractivity (Wildman–Crippen MR) is 205 cm³/mol. The highest BCUT2D eigenvalue weighted by atomic mass is 32.2. The van der Waals surface area contributed by atoms with E-state index >= 15 is 0 Å². The SMILES string of the molecule is CC(=O)c1ccc2c(c1)C1(c3ccccc3Sc3ccccc31)c1cccc(-c3nc(-c4ccccc4)nc(-c4ccc5ccccc5c4)n3)c1-2. The van der Waals surface area contributed by atoms with Crippen LogP contribution in [0.25, 0.3) is 56.1 Å². The Morgan fingerprint density at radius 1 is 0.490 bits per heavy atom. The fraction of sp³-hybridized carbons (Fsp3) is 0.0435. The lowest BCUT2D eigenvalue weighted by atomic mass is 9.67. The van der Waals surface area contributed by atoms with E-state index in [1.165, 1.54) is 20.9 Å². The number of ketones is 1. The van der Waals surface area contributed by atoms with Crippen molar-refractivity contribution >= 4 is 28.3 Å². The Morgan fingerprint density at radius 2 is 1.12 bits per heavy atom. The highest BCUT2D eigenvalue weighted by Crippen LogP contribution is 2.63. The molecule has 0 unspecified atom stereocenters. The lowest BCUT2D eigenvalue weighted by Crippen LogP contribution is -2.32. The minimum atomic E-state index is -0.638. The third kappa shape index (κ3) is 4.48. The largest absolute Gasteiger partial charge is 0.295 e. The van der Waals surface area contributed by atoms with Crippen LogP contribution in [0.3, 0.4) is 0 Å². The second-order valence-electron chi connectivity index (χ2n) is 13.1. The molecule has 0 saturated heterocycles. The van der Waals surface area contributed by atoms with Gasteiger partial charge in [0.15, 0.2) is 23.3 Å². The Morgan fingerprint density at radius 3 is 1.86 bits per heavy atom. The van der Waals surface area contributed by atoms with Gasteiger partial charge in [-0.3, -0.25) is 4.79 Å². The summed E-state index contributed by atoms with van der Waals surface area (Å²) in [4.78, 5) is 30.9. The zero-order valence-electron chi connectivity index (χ0n) is 27.7. The first-order valence-electron chi connectivity index (χ1n) is 17.1. The van der Waals surface area contributed by atoms with Crippen LogP contribution >= 0.6 is 11.8 Å². The van der Waals surface area contributed by atoms with Gasteiger partial charge in [0.05, 0.1) is 5.41 Å². The molecule has 2 heterocycles. The van der Waals surface area contributed by atoms with E-state index in [1.807, 2.05) is 36.4 Å². The van der Waals surface area contributed by atoms with E-state index in [-0.39, 0.29) is 5.78 Å². The van der Waals surface area contributed by atoms with Gasteiger partial charge in [0.25, 0.3) is 0 Å². The summed E-state index contributed by atoms with van der Waals surface area (Å²) in [6.07, 6.45) is 0. The van der Waals surface area contributed by atoms with E-state index in [9.17, 15) is 4.79 Å². The maximum absolute atomic E-state index is 13.0. The number of carbonyl (C=O) groups excluding carboxylic acids is 1.